The van der Waals surface area contributed by atoms with Crippen molar-refractivity contribution in [2.45, 2.75) is 4.90 Å². The Kier molecular flexibility index (Phi) is 7.83. The summed E-state index contributed by atoms with van der Waals surface area (Å²) in [5, 5.41) is 19.2. The van der Waals surface area contributed by atoms with Crippen LogP contribution in [0, 0.1) is 0 Å². The largest absolute Gasteiger partial charge is 0.505 e. The third-order valence-electron chi connectivity index (χ3n) is 5.52. The lowest BCUT2D eigenvalue weighted by Gasteiger charge is -2.13. The summed E-state index contributed by atoms with van der Waals surface area (Å²) >= 11 is 3.28. The van der Waals surface area contributed by atoms with Crippen LogP contribution in [-0.4, -0.2) is 40.8 Å². The Morgan fingerprint density at radius 1 is 0.895 bits per heavy atom. The van der Waals surface area contributed by atoms with Crippen LogP contribution in [0.3, 0.4) is 0 Å². The first-order valence-corrected chi connectivity index (χ1v) is 13.2. The number of sulfonamides is 1. The highest BCUT2D eigenvalue weighted by Gasteiger charge is 2.20. The number of anilines is 1. The zero-order valence-electron chi connectivity index (χ0n) is 20.4. The minimum Gasteiger partial charge on any atom is -0.505 e. The Balaban J connectivity index is 1.74. The summed E-state index contributed by atoms with van der Waals surface area (Å²) in [6.45, 7) is 0. The van der Waals surface area contributed by atoms with Crippen LogP contribution >= 0.6 is 15.9 Å². The fourth-order valence-electron chi connectivity index (χ4n) is 3.68. The SMILES string of the molecule is COc1cc(C(=O)N=Nc2cc(NS(=O)(=O)c3ccc(Br)cc3)c3ccccc3c2O)cc(OC)c1OC. The molecule has 0 unspecified atom stereocenters. The van der Waals surface area contributed by atoms with Gasteiger partial charge in [-0.2, -0.15) is 0 Å². The Labute approximate surface area is 227 Å². The van der Waals surface area contributed by atoms with E-state index in [1.807, 2.05) is 0 Å². The van der Waals surface area contributed by atoms with Crippen molar-refractivity contribution in [3.05, 3.63) is 76.8 Å². The van der Waals surface area contributed by atoms with Crippen LogP contribution in [0.25, 0.3) is 10.8 Å². The molecule has 0 aliphatic heterocycles. The van der Waals surface area contributed by atoms with E-state index >= 15 is 0 Å². The lowest BCUT2D eigenvalue weighted by atomic mass is 10.1. The van der Waals surface area contributed by atoms with Crippen LogP contribution in [-0.2, 0) is 10.0 Å². The number of benzene rings is 4. The van der Waals surface area contributed by atoms with E-state index in [0.29, 0.717) is 16.5 Å². The molecule has 0 aliphatic rings. The van der Waals surface area contributed by atoms with E-state index in [0.717, 1.165) is 4.47 Å². The number of azo groups is 1. The normalized spacial score (nSPS) is 11.5. The van der Waals surface area contributed by atoms with E-state index in [1.54, 1.807) is 36.4 Å². The molecule has 0 atom stereocenters. The average molecular weight is 600 g/mol. The van der Waals surface area contributed by atoms with Gasteiger partial charge in [0.05, 0.1) is 37.5 Å². The number of aromatic hydroxyl groups is 1. The number of amides is 1. The highest BCUT2D eigenvalue weighted by atomic mass is 79.9. The summed E-state index contributed by atoms with van der Waals surface area (Å²) in [5.74, 6) is -0.215. The first kappa shape index (κ1) is 26.9. The van der Waals surface area contributed by atoms with Crippen LogP contribution in [0.4, 0.5) is 11.4 Å². The van der Waals surface area contributed by atoms with Crippen molar-refractivity contribution >= 4 is 54.0 Å². The highest BCUT2D eigenvalue weighted by molar-refractivity contribution is 9.10. The molecule has 0 saturated heterocycles. The van der Waals surface area contributed by atoms with Crippen molar-refractivity contribution in [1.82, 2.24) is 0 Å². The van der Waals surface area contributed by atoms with E-state index < -0.39 is 15.9 Å². The van der Waals surface area contributed by atoms with Crippen LogP contribution in [0.2, 0.25) is 0 Å². The summed E-state index contributed by atoms with van der Waals surface area (Å²) in [4.78, 5) is 12.9. The molecule has 38 heavy (non-hydrogen) atoms. The average Bonchev–Trinajstić information content (AvgIpc) is 2.92. The van der Waals surface area contributed by atoms with Crippen molar-refractivity contribution in [2.75, 3.05) is 26.1 Å². The topological polar surface area (TPSA) is 136 Å². The number of nitrogens with zero attached hydrogens (tertiary/aromatic N) is 2. The molecule has 4 aromatic rings. The fraction of sp³-hybridized carbons (Fsp3) is 0.115. The number of nitrogens with one attached hydrogen (secondary N) is 1. The van der Waals surface area contributed by atoms with E-state index in [4.69, 9.17) is 14.2 Å². The summed E-state index contributed by atoms with van der Waals surface area (Å²) in [6.07, 6.45) is 0. The van der Waals surface area contributed by atoms with E-state index in [9.17, 15) is 18.3 Å². The van der Waals surface area contributed by atoms with Gasteiger partial charge < -0.3 is 19.3 Å². The Hall–Kier alpha value is -4.16. The molecule has 1 amide bonds. The number of phenols is 1. The van der Waals surface area contributed by atoms with Gasteiger partial charge in [-0.05, 0) is 42.5 Å². The van der Waals surface area contributed by atoms with Crippen molar-refractivity contribution in [2.24, 2.45) is 10.2 Å². The number of rotatable bonds is 8. The molecule has 0 spiro atoms. The van der Waals surface area contributed by atoms with Gasteiger partial charge in [0.15, 0.2) is 17.2 Å². The quantitative estimate of drug-likeness (QED) is 0.185. The number of carbonyl (C=O) groups is 1. The number of hydrogen-bond acceptors (Lipinski definition) is 8. The van der Waals surface area contributed by atoms with Crippen LogP contribution in [0.15, 0.2) is 86.3 Å². The molecule has 0 radical (unpaired) electrons. The molecule has 0 heterocycles. The number of phenolic OH excluding ortho intramolecular Hbond substituents is 1. The minimum atomic E-state index is -3.98. The fourth-order valence-corrected chi connectivity index (χ4v) is 5.02. The lowest BCUT2D eigenvalue weighted by Crippen LogP contribution is -2.13. The first-order valence-electron chi connectivity index (χ1n) is 11.0. The standard InChI is InChI=1S/C26H22BrN3O7S/c1-35-22-12-15(13-23(36-2)25(22)37-3)26(32)29-28-21-14-20(18-6-4-5-7-19(18)24(21)31)30-38(33,34)17-10-8-16(27)9-11-17/h4-14,30-31H,1-3H3. The number of fused-ring (bicyclic) bond motifs is 1. The summed E-state index contributed by atoms with van der Waals surface area (Å²) in [6, 6.07) is 16.9. The maximum Gasteiger partial charge on any atom is 0.295 e. The smallest absolute Gasteiger partial charge is 0.295 e. The monoisotopic (exact) mass is 599 g/mol. The van der Waals surface area contributed by atoms with Crippen molar-refractivity contribution in [1.29, 1.82) is 0 Å². The van der Waals surface area contributed by atoms with Gasteiger partial charge in [0, 0.05) is 15.2 Å². The Morgan fingerprint density at radius 3 is 2.08 bits per heavy atom. The molecule has 4 aromatic carbocycles. The van der Waals surface area contributed by atoms with Crippen molar-refractivity contribution in [3.8, 4) is 23.0 Å². The Bertz CT molecular complexity index is 1630. The van der Waals surface area contributed by atoms with Gasteiger partial charge in [0.2, 0.25) is 5.75 Å². The predicted molar refractivity (Wildman–Crippen MR) is 146 cm³/mol. The van der Waals surface area contributed by atoms with Gasteiger partial charge in [-0.1, -0.05) is 40.2 Å². The minimum absolute atomic E-state index is 0.0404. The van der Waals surface area contributed by atoms with Gasteiger partial charge in [0.25, 0.3) is 15.9 Å². The number of ether oxygens (including phenoxy) is 3. The molecule has 0 fully saturated rings. The summed E-state index contributed by atoms with van der Waals surface area (Å²) in [5.41, 5.74) is 0.133. The van der Waals surface area contributed by atoms with Crippen molar-refractivity contribution < 1.29 is 32.5 Å². The van der Waals surface area contributed by atoms with Crippen LogP contribution < -0.4 is 18.9 Å². The van der Waals surface area contributed by atoms with Crippen LogP contribution in [0.5, 0.6) is 23.0 Å². The number of carbonyl (C=O) groups excluding carboxylic acids is 1. The van der Waals surface area contributed by atoms with Gasteiger partial charge >= 0.3 is 0 Å². The first-order chi connectivity index (χ1) is 18.2. The second-order valence-electron chi connectivity index (χ2n) is 7.82. The molecule has 0 aromatic heterocycles. The molecular formula is C26H22BrN3O7S. The highest BCUT2D eigenvalue weighted by Crippen LogP contribution is 2.41. The van der Waals surface area contributed by atoms with Crippen LogP contribution in [0.1, 0.15) is 10.4 Å². The molecule has 12 heteroatoms. The van der Waals surface area contributed by atoms with Gasteiger partial charge in [-0.3, -0.25) is 9.52 Å². The molecule has 0 aliphatic carbocycles. The maximum atomic E-state index is 13.0. The zero-order valence-corrected chi connectivity index (χ0v) is 22.8. The number of hydrogen-bond donors (Lipinski definition) is 2. The van der Waals surface area contributed by atoms with Gasteiger partial charge in [-0.15, -0.1) is 10.2 Å². The molecular weight excluding hydrogens is 578 g/mol. The Morgan fingerprint density at radius 2 is 1.50 bits per heavy atom. The molecule has 4 rings (SSSR count). The third-order valence-corrected chi connectivity index (χ3v) is 7.43. The van der Waals surface area contributed by atoms with Gasteiger partial charge in [-0.25, -0.2) is 8.42 Å². The van der Waals surface area contributed by atoms with Crippen molar-refractivity contribution in [3.63, 3.8) is 0 Å². The van der Waals surface area contributed by atoms with E-state index in [-0.39, 0.29) is 39.1 Å². The zero-order chi connectivity index (χ0) is 27.4. The second-order valence-corrected chi connectivity index (χ2v) is 10.4. The molecule has 0 saturated carbocycles. The number of methoxy groups -OCH3 is 3. The van der Waals surface area contributed by atoms with E-state index in [2.05, 4.69) is 30.9 Å². The predicted octanol–water partition coefficient (Wildman–Crippen LogP) is 6.06. The second kappa shape index (κ2) is 11.1. The summed E-state index contributed by atoms with van der Waals surface area (Å²) in [7, 11) is 0.286. The van der Waals surface area contributed by atoms with E-state index in [1.165, 1.54) is 51.7 Å². The molecule has 2 N–H and O–H groups in total. The summed E-state index contributed by atoms with van der Waals surface area (Å²) < 4.78 is 45.2. The molecule has 10 nitrogen and oxygen atoms in total. The third kappa shape index (κ3) is 5.41. The molecule has 0 bridgehead atoms. The maximum absolute atomic E-state index is 13.0. The van der Waals surface area contributed by atoms with Gasteiger partial charge in [0.1, 0.15) is 5.69 Å². The number of halogens is 1. The lowest BCUT2D eigenvalue weighted by molar-refractivity contribution is 0.0994. The molecule has 196 valence electrons.